The molecule has 0 atom stereocenters. The minimum Gasteiger partial charge on any atom is -0.494 e. The van der Waals surface area contributed by atoms with Gasteiger partial charge in [0.1, 0.15) is 5.75 Å². The second-order valence-corrected chi connectivity index (χ2v) is 6.49. The number of halogens is 1. The van der Waals surface area contributed by atoms with Gasteiger partial charge in [-0.2, -0.15) is 0 Å². The van der Waals surface area contributed by atoms with Gasteiger partial charge in [0.2, 0.25) is 5.91 Å². The van der Waals surface area contributed by atoms with Crippen molar-refractivity contribution in [2.24, 2.45) is 4.99 Å². The van der Waals surface area contributed by atoms with Crippen molar-refractivity contribution in [3.63, 3.8) is 0 Å². The third kappa shape index (κ3) is 8.81. The molecule has 0 aliphatic heterocycles. The van der Waals surface area contributed by atoms with Gasteiger partial charge in [-0.25, -0.2) is 4.99 Å². The minimum atomic E-state index is 0. The molecule has 7 heteroatoms. The number of guanidine groups is 1. The molecule has 0 bridgehead atoms. The smallest absolute Gasteiger partial charge is 0.239 e. The van der Waals surface area contributed by atoms with E-state index in [9.17, 15) is 4.79 Å². The molecule has 1 fully saturated rings. The maximum atomic E-state index is 12.2. The number of hydrogen-bond acceptors (Lipinski definition) is 3. The van der Waals surface area contributed by atoms with Gasteiger partial charge in [-0.05, 0) is 32.8 Å². The van der Waals surface area contributed by atoms with Gasteiger partial charge in [0.25, 0.3) is 0 Å². The summed E-state index contributed by atoms with van der Waals surface area (Å²) in [4.78, 5) is 16.7. The van der Waals surface area contributed by atoms with Gasteiger partial charge in [0.15, 0.2) is 5.96 Å². The van der Waals surface area contributed by atoms with E-state index in [0.717, 1.165) is 30.7 Å². The molecular formula is C20H33IN4O2. The van der Waals surface area contributed by atoms with Crippen molar-refractivity contribution >= 4 is 35.8 Å². The van der Waals surface area contributed by atoms with Crippen molar-refractivity contribution in [3.8, 4) is 5.75 Å². The minimum absolute atomic E-state index is 0. The molecule has 0 radical (unpaired) electrons. The molecule has 27 heavy (non-hydrogen) atoms. The van der Waals surface area contributed by atoms with Crippen molar-refractivity contribution < 1.29 is 9.53 Å². The lowest BCUT2D eigenvalue weighted by atomic mass is 9.95. The zero-order chi connectivity index (χ0) is 18.6. The van der Waals surface area contributed by atoms with Crippen molar-refractivity contribution in [1.82, 2.24) is 16.0 Å². The van der Waals surface area contributed by atoms with Crippen LogP contribution >= 0.6 is 24.0 Å². The summed E-state index contributed by atoms with van der Waals surface area (Å²) in [5, 5.41) is 9.41. The zero-order valence-corrected chi connectivity index (χ0v) is 18.8. The van der Waals surface area contributed by atoms with Gasteiger partial charge in [-0.3, -0.25) is 4.79 Å². The molecule has 0 saturated heterocycles. The molecule has 1 amide bonds. The number of ether oxygens (including phenoxy) is 1. The van der Waals surface area contributed by atoms with Crippen LogP contribution in [0.2, 0.25) is 0 Å². The van der Waals surface area contributed by atoms with E-state index in [-0.39, 0.29) is 36.4 Å². The van der Waals surface area contributed by atoms with E-state index in [1.807, 2.05) is 38.1 Å². The van der Waals surface area contributed by atoms with Crippen LogP contribution < -0.4 is 20.7 Å². The van der Waals surface area contributed by atoms with Crippen LogP contribution in [-0.2, 0) is 11.3 Å². The van der Waals surface area contributed by atoms with Gasteiger partial charge >= 0.3 is 0 Å². The van der Waals surface area contributed by atoms with Crippen LogP contribution in [0.3, 0.4) is 0 Å². The first-order valence-corrected chi connectivity index (χ1v) is 9.75. The van der Waals surface area contributed by atoms with Crippen LogP contribution in [0, 0.1) is 0 Å². The average Bonchev–Trinajstić information content (AvgIpc) is 2.66. The number of aliphatic imine (C=N–C) groups is 1. The van der Waals surface area contributed by atoms with E-state index in [0.29, 0.717) is 25.2 Å². The normalized spacial score (nSPS) is 14.8. The first-order valence-electron chi connectivity index (χ1n) is 9.75. The Morgan fingerprint density at radius 1 is 1.15 bits per heavy atom. The Kier molecular flexibility index (Phi) is 11.9. The Morgan fingerprint density at radius 2 is 1.89 bits per heavy atom. The molecule has 0 unspecified atom stereocenters. The SMILES string of the molecule is CCNC(=NCc1ccccc1OCC)NCC(=O)NC1CCCCC1.I. The average molecular weight is 488 g/mol. The molecule has 1 aliphatic rings. The number of nitrogens with zero attached hydrogens (tertiary/aromatic N) is 1. The number of amides is 1. The number of hydrogen-bond donors (Lipinski definition) is 3. The lowest BCUT2D eigenvalue weighted by Gasteiger charge is -2.23. The quantitative estimate of drug-likeness (QED) is 0.299. The Hall–Kier alpha value is -1.51. The number of carbonyl (C=O) groups is 1. The summed E-state index contributed by atoms with van der Waals surface area (Å²) in [5.74, 6) is 1.51. The second kappa shape index (κ2) is 13.6. The summed E-state index contributed by atoms with van der Waals surface area (Å²) in [5.41, 5.74) is 1.03. The molecule has 1 aromatic carbocycles. The van der Waals surface area contributed by atoms with Gasteiger partial charge in [0.05, 0.1) is 19.7 Å². The zero-order valence-electron chi connectivity index (χ0n) is 16.4. The Morgan fingerprint density at radius 3 is 2.59 bits per heavy atom. The number of para-hydroxylation sites is 1. The van der Waals surface area contributed by atoms with Crippen molar-refractivity contribution in [3.05, 3.63) is 29.8 Å². The van der Waals surface area contributed by atoms with Crippen LogP contribution in [0.4, 0.5) is 0 Å². The van der Waals surface area contributed by atoms with Crippen LogP contribution in [0.15, 0.2) is 29.3 Å². The van der Waals surface area contributed by atoms with E-state index >= 15 is 0 Å². The highest BCUT2D eigenvalue weighted by molar-refractivity contribution is 14.0. The second-order valence-electron chi connectivity index (χ2n) is 6.49. The van der Waals surface area contributed by atoms with Gasteiger partial charge in [-0.15, -0.1) is 24.0 Å². The molecule has 1 saturated carbocycles. The topological polar surface area (TPSA) is 74.8 Å². The highest BCUT2D eigenvalue weighted by atomic mass is 127. The van der Waals surface area contributed by atoms with Crippen molar-refractivity contribution in [1.29, 1.82) is 0 Å². The number of carbonyl (C=O) groups excluding carboxylic acids is 1. The predicted octanol–water partition coefficient (Wildman–Crippen LogP) is 3.21. The summed E-state index contributed by atoms with van der Waals surface area (Å²) >= 11 is 0. The highest BCUT2D eigenvalue weighted by Crippen LogP contribution is 2.19. The fourth-order valence-corrected chi connectivity index (χ4v) is 3.13. The monoisotopic (exact) mass is 488 g/mol. The standard InChI is InChI=1S/C20H32N4O2.HI/c1-3-21-20(22-14-16-10-8-9-13-18(16)26-4-2)23-15-19(25)24-17-11-6-5-7-12-17;/h8-10,13,17H,3-7,11-12,14-15H2,1-2H3,(H,24,25)(H2,21,22,23);1H. The Bertz CT molecular complexity index is 589. The molecule has 2 rings (SSSR count). The number of rotatable bonds is 8. The van der Waals surface area contributed by atoms with Crippen LogP contribution in [-0.4, -0.2) is 37.6 Å². The molecule has 6 nitrogen and oxygen atoms in total. The molecule has 1 aliphatic carbocycles. The lowest BCUT2D eigenvalue weighted by Crippen LogP contribution is -2.46. The summed E-state index contributed by atoms with van der Waals surface area (Å²) in [6.07, 6.45) is 5.89. The molecular weight excluding hydrogens is 455 g/mol. The molecule has 0 aromatic heterocycles. The van der Waals surface area contributed by atoms with Crippen LogP contribution in [0.25, 0.3) is 0 Å². The maximum Gasteiger partial charge on any atom is 0.239 e. The lowest BCUT2D eigenvalue weighted by molar-refractivity contribution is -0.120. The van der Waals surface area contributed by atoms with Gasteiger partial charge < -0.3 is 20.7 Å². The van der Waals surface area contributed by atoms with E-state index < -0.39 is 0 Å². The van der Waals surface area contributed by atoms with E-state index in [1.165, 1.54) is 19.3 Å². The third-order valence-corrected chi connectivity index (χ3v) is 4.41. The van der Waals surface area contributed by atoms with E-state index in [2.05, 4.69) is 20.9 Å². The van der Waals surface area contributed by atoms with Crippen LogP contribution in [0.5, 0.6) is 5.75 Å². The maximum absolute atomic E-state index is 12.2. The molecule has 152 valence electrons. The first-order chi connectivity index (χ1) is 12.7. The molecule has 0 heterocycles. The molecule has 3 N–H and O–H groups in total. The summed E-state index contributed by atoms with van der Waals surface area (Å²) in [6.45, 7) is 6.07. The van der Waals surface area contributed by atoms with E-state index in [1.54, 1.807) is 0 Å². The Balaban J connectivity index is 0.00000364. The summed E-state index contributed by atoms with van der Waals surface area (Å²) < 4.78 is 5.64. The summed E-state index contributed by atoms with van der Waals surface area (Å²) in [6, 6.07) is 8.22. The third-order valence-electron chi connectivity index (χ3n) is 4.41. The predicted molar refractivity (Wildman–Crippen MR) is 121 cm³/mol. The van der Waals surface area contributed by atoms with Crippen molar-refractivity contribution in [2.75, 3.05) is 19.7 Å². The van der Waals surface area contributed by atoms with Crippen molar-refractivity contribution in [2.45, 2.75) is 58.5 Å². The fraction of sp³-hybridized carbons (Fsp3) is 0.600. The fourth-order valence-electron chi connectivity index (χ4n) is 3.13. The van der Waals surface area contributed by atoms with E-state index in [4.69, 9.17) is 4.74 Å². The number of nitrogens with one attached hydrogen (secondary N) is 3. The first kappa shape index (κ1) is 23.5. The molecule has 1 aromatic rings. The Labute approximate surface area is 179 Å². The highest BCUT2D eigenvalue weighted by Gasteiger charge is 2.15. The van der Waals surface area contributed by atoms with Gasteiger partial charge in [-0.1, -0.05) is 37.5 Å². The number of benzene rings is 1. The largest absolute Gasteiger partial charge is 0.494 e. The van der Waals surface area contributed by atoms with Gasteiger partial charge in [0, 0.05) is 18.2 Å². The van der Waals surface area contributed by atoms with Crippen LogP contribution in [0.1, 0.15) is 51.5 Å². The summed E-state index contributed by atoms with van der Waals surface area (Å²) in [7, 11) is 0. The molecule has 0 spiro atoms.